The van der Waals surface area contributed by atoms with Crippen LogP contribution in [-0.4, -0.2) is 65.0 Å². The molecule has 2 fully saturated rings. The van der Waals surface area contributed by atoms with Gasteiger partial charge in [0, 0.05) is 26.2 Å². The molecule has 1 amide bonds. The number of carbonyl (C=O) groups excluding carboxylic acids is 1. The molecule has 29 heavy (non-hydrogen) atoms. The second kappa shape index (κ2) is 9.28. The predicted molar refractivity (Wildman–Crippen MR) is 107 cm³/mol. The van der Waals surface area contributed by atoms with Crippen LogP contribution in [0.3, 0.4) is 0 Å². The molecule has 0 bridgehead atoms. The highest BCUT2D eigenvalue weighted by atomic mass is 19.1. The summed E-state index contributed by atoms with van der Waals surface area (Å²) < 4.78 is 18.9. The summed E-state index contributed by atoms with van der Waals surface area (Å²) in [5.74, 6) is 0.962. The summed E-state index contributed by atoms with van der Waals surface area (Å²) in [4.78, 5) is 25.3. The number of morpholine rings is 1. The Morgan fingerprint density at radius 1 is 1.14 bits per heavy atom. The number of amides is 1. The molecule has 0 unspecified atom stereocenters. The molecular weight excluding hydrogens is 373 g/mol. The lowest BCUT2D eigenvalue weighted by Gasteiger charge is -2.34. The topological polar surface area (TPSA) is 70.6 Å². The number of carbonyl (C=O) groups is 1. The first-order chi connectivity index (χ1) is 14.2. The van der Waals surface area contributed by atoms with E-state index in [1.54, 1.807) is 6.07 Å². The molecular formula is C21H26FN5O2. The Morgan fingerprint density at radius 2 is 2.00 bits per heavy atom. The van der Waals surface area contributed by atoms with Gasteiger partial charge < -0.3 is 15.0 Å². The zero-order valence-electron chi connectivity index (χ0n) is 16.4. The Balaban J connectivity index is 1.37. The van der Waals surface area contributed by atoms with Gasteiger partial charge in [0.25, 0.3) is 0 Å². The first kappa shape index (κ1) is 19.7. The normalized spacial score (nSPS) is 20.4. The molecule has 4 heterocycles. The van der Waals surface area contributed by atoms with Crippen LogP contribution in [-0.2, 0) is 9.53 Å². The summed E-state index contributed by atoms with van der Waals surface area (Å²) >= 11 is 0. The zero-order chi connectivity index (χ0) is 20.1. The fourth-order valence-corrected chi connectivity index (χ4v) is 3.74. The van der Waals surface area contributed by atoms with Gasteiger partial charge in [-0.3, -0.25) is 9.69 Å². The number of nitrogens with zero attached hydrogens (tertiary/aromatic N) is 4. The van der Waals surface area contributed by atoms with E-state index in [0.717, 1.165) is 44.4 Å². The molecule has 0 aliphatic carbocycles. The minimum atomic E-state index is -0.382. The number of nitrogens with one attached hydrogen (secondary N) is 1. The van der Waals surface area contributed by atoms with Gasteiger partial charge in [-0.2, -0.15) is 0 Å². The number of ether oxygens (including phenoxy) is 1. The number of anilines is 2. The van der Waals surface area contributed by atoms with Gasteiger partial charge in [0.1, 0.15) is 23.6 Å². The van der Waals surface area contributed by atoms with Gasteiger partial charge in [0.2, 0.25) is 5.91 Å². The maximum Gasteiger partial charge on any atom is 0.236 e. The average Bonchev–Trinajstić information content (AvgIpc) is 2.76. The fraction of sp³-hybridized carbons (Fsp3) is 0.476. The van der Waals surface area contributed by atoms with E-state index in [9.17, 15) is 9.18 Å². The van der Waals surface area contributed by atoms with Gasteiger partial charge in [0.15, 0.2) is 0 Å². The lowest BCUT2D eigenvalue weighted by atomic mass is 10.1. The maximum absolute atomic E-state index is 13.0. The average molecular weight is 399 g/mol. The number of aromatic nitrogens is 2. The van der Waals surface area contributed by atoms with Gasteiger partial charge >= 0.3 is 0 Å². The molecule has 0 spiro atoms. The lowest BCUT2D eigenvalue weighted by molar-refractivity contribution is -0.135. The van der Waals surface area contributed by atoms with Crippen molar-refractivity contribution in [2.75, 3.05) is 44.6 Å². The van der Waals surface area contributed by atoms with Crippen LogP contribution in [0.2, 0.25) is 0 Å². The van der Waals surface area contributed by atoms with Crippen LogP contribution in [0.15, 0.2) is 36.5 Å². The molecule has 0 radical (unpaired) electrons. The Bertz CT molecular complexity index is 826. The number of rotatable bonds is 5. The Morgan fingerprint density at radius 3 is 2.79 bits per heavy atom. The molecule has 2 saturated heterocycles. The SMILES string of the molecule is O=C(CN1CCO[C@H](c2cccc(Nc3ccc(F)cn3)n2)C1)N1CCCCC1. The standard InChI is InChI=1S/C21H26FN5O2/c22-16-7-8-19(23-13-16)25-20-6-4-5-17(24-20)18-14-26(11-12-29-18)15-21(28)27-9-2-1-3-10-27/h4-8,13,18H,1-3,9-12,14-15H2,(H,23,24,25)/t18-/m0/s1. The smallest absolute Gasteiger partial charge is 0.236 e. The molecule has 0 aromatic carbocycles. The van der Waals surface area contributed by atoms with E-state index in [2.05, 4.69) is 20.2 Å². The van der Waals surface area contributed by atoms with E-state index in [4.69, 9.17) is 4.74 Å². The fourth-order valence-electron chi connectivity index (χ4n) is 3.74. The molecule has 0 saturated carbocycles. The molecule has 2 aliphatic heterocycles. The monoisotopic (exact) mass is 399 g/mol. The van der Waals surface area contributed by atoms with Gasteiger partial charge in [-0.15, -0.1) is 0 Å². The highest BCUT2D eigenvalue weighted by Crippen LogP contribution is 2.23. The molecule has 2 aromatic rings. The van der Waals surface area contributed by atoms with Gasteiger partial charge in [-0.05, 0) is 43.5 Å². The number of halogens is 1. The second-order valence-corrected chi connectivity index (χ2v) is 7.47. The Hall–Kier alpha value is -2.58. The van der Waals surface area contributed by atoms with Crippen LogP contribution in [0, 0.1) is 5.82 Å². The van der Waals surface area contributed by atoms with Crippen molar-refractivity contribution in [2.24, 2.45) is 0 Å². The molecule has 7 nitrogen and oxygen atoms in total. The number of hydrogen-bond acceptors (Lipinski definition) is 6. The minimum absolute atomic E-state index is 0.194. The Kier molecular flexibility index (Phi) is 6.31. The third-order valence-corrected chi connectivity index (χ3v) is 5.30. The van der Waals surface area contributed by atoms with Crippen molar-refractivity contribution in [3.63, 3.8) is 0 Å². The third-order valence-electron chi connectivity index (χ3n) is 5.30. The molecule has 2 aliphatic rings. The van der Waals surface area contributed by atoms with Crippen LogP contribution >= 0.6 is 0 Å². The minimum Gasteiger partial charge on any atom is -0.369 e. The van der Waals surface area contributed by atoms with E-state index >= 15 is 0 Å². The van der Waals surface area contributed by atoms with Crippen LogP contribution in [0.4, 0.5) is 16.0 Å². The lowest BCUT2D eigenvalue weighted by Crippen LogP contribution is -2.46. The van der Waals surface area contributed by atoms with E-state index in [1.807, 2.05) is 23.1 Å². The summed E-state index contributed by atoms with van der Waals surface area (Å²) in [5, 5.41) is 3.08. The highest BCUT2D eigenvalue weighted by molar-refractivity contribution is 5.78. The van der Waals surface area contributed by atoms with Crippen LogP contribution in [0.5, 0.6) is 0 Å². The number of pyridine rings is 2. The summed E-state index contributed by atoms with van der Waals surface area (Å²) in [6, 6.07) is 8.56. The van der Waals surface area contributed by atoms with E-state index < -0.39 is 0 Å². The second-order valence-electron chi connectivity index (χ2n) is 7.47. The third kappa shape index (κ3) is 5.27. The quantitative estimate of drug-likeness (QED) is 0.834. The molecule has 8 heteroatoms. The summed E-state index contributed by atoms with van der Waals surface area (Å²) in [5.41, 5.74) is 0.798. The Labute approximate surface area is 169 Å². The number of hydrogen-bond donors (Lipinski definition) is 1. The van der Waals surface area contributed by atoms with Crippen molar-refractivity contribution < 1.29 is 13.9 Å². The summed E-state index contributed by atoms with van der Waals surface area (Å²) in [6.07, 6.45) is 4.38. The summed E-state index contributed by atoms with van der Waals surface area (Å²) in [6.45, 7) is 4.12. The molecule has 154 valence electrons. The highest BCUT2D eigenvalue weighted by Gasteiger charge is 2.26. The van der Waals surface area contributed by atoms with Crippen molar-refractivity contribution in [1.82, 2.24) is 19.8 Å². The van der Waals surface area contributed by atoms with Crippen molar-refractivity contribution in [2.45, 2.75) is 25.4 Å². The number of piperidine rings is 1. The van der Waals surface area contributed by atoms with Crippen molar-refractivity contribution >= 4 is 17.5 Å². The molecule has 2 aromatic heterocycles. The van der Waals surface area contributed by atoms with Crippen LogP contribution < -0.4 is 5.32 Å². The van der Waals surface area contributed by atoms with E-state index in [1.165, 1.54) is 12.5 Å². The van der Waals surface area contributed by atoms with Crippen molar-refractivity contribution in [3.05, 3.63) is 48.0 Å². The van der Waals surface area contributed by atoms with Gasteiger partial charge in [-0.25, -0.2) is 14.4 Å². The zero-order valence-corrected chi connectivity index (χ0v) is 16.4. The van der Waals surface area contributed by atoms with Crippen LogP contribution in [0.25, 0.3) is 0 Å². The van der Waals surface area contributed by atoms with Crippen LogP contribution in [0.1, 0.15) is 31.1 Å². The number of likely N-dealkylation sites (tertiary alicyclic amines) is 1. The van der Waals surface area contributed by atoms with E-state index in [0.29, 0.717) is 31.3 Å². The molecule has 1 N–H and O–H groups in total. The largest absolute Gasteiger partial charge is 0.369 e. The summed E-state index contributed by atoms with van der Waals surface area (Å²) in [7, 11) is 0. The molecule has 1 atom stereocenters. The first-order valence-corrected chi connectivity index (χ1v) is 10.1. The predicted octanol–water partition coefficient (Wildman–Crippen LogP) is 2.75. The molecule has 4 rings (SSSR count). The van der Waals surface area contributed by atoms with E-state index in [-0.39, 0.29) is 17.8 Å². The van der Waals surface area contributed by atoms with Crippen molar-refractivity contribution in [3.8, 4) is 0 Å². The maximum atomic E-state index is 13.0. The van der Waals surface area contributed by atoms with Gasteiger partial charge in [0.05, 0.1) is 25.0 Å². The van der Waals surface area contributed by atoms with Crippen molar-refractivity contribution in [1.29, 1.82) is 0 Å². The van der Waals surface area contributed by atoms with Gasteiger partial charge in [-0.1, -0.05) is 6.07 Å². The first-order valence-electron chi connectivity index (χ1n) is 10.1.